The van der Waals surface area contributed by atoms with Crippen LogP contribution >= 0.6 is 24.2 Å². The summed E-state index contributed by atoms with van der Waals surface area (Å²) in [5.41, 5.74) is -1.50. The number of unbranched alkanes of at least 4 members (excludes halogenated alkanes) is 4. The van der Waals surface area contributed by atoms with Gasteiger partial charge >= 0.3 is 12.4 Å². The molecule has 0 saturated heterocycles. The normalized spacial score (nSPS) is 15.0. The number of rotatable bonds is 18. The minimum Gasteiger partial charge on any atom is -0.298 e. The van der Waals surface area contributed by atoms with E-state index in [1.165, 1.54) is 47.9 Å². The first kappa shape index (κ1) is 47.8. The third kappa shape index (κ3) is 11.2. The number of hydrogen-bond donors (Lipinski definition) is 2. The first-order chi connectivity index (χ1) is 30.1. The second kappa shape index (κ2) is 20.9. The first-order valence-corrected chi connectivity index (χ1v) is 23.0. The van der Waals surface area contributed by atoms with E-state index in [9.17, 15) is 31.8 Å². The van der Waals surface area contributed by atoms with E-state index in [4.69, 9.17) is 0 Å². The summed E-state index contributed by atoms with van der Waals surface area (Å²) >= 11 is 5.29. The third-order valence-electron chi connectivity index (χ3n) is 12.0. The second-order valence-corrected chi connectivity index (χ2v) is 17.7. The highest BCUT2D eigenvalue weighted by Gasteiger charge is 2.47. The molecule has 1 aliphatic carbocycles. The number of fused-ring (bicyclic) bond motifs is 1. The van der Waals surface area contributed by atoms with E-state index in [2.05, 4.69) is 67.0 Å². The monoisotopic (exact) mass is 906 g/mol. The van der Waals surface area contributed by atoms with Crippen molar-refractivity contribution >= 4 is 46.7 Å². The van der Waals surface area contributed by atoms with Crippen molar-refractivity contribution in [3.63, 3.8) is 0 Å². The van der Waals surface area contributed by atoms with Gasteiger partial charge in [0.05, 0.1) is 5.71 Å². The van der Waals surface area contributed by atoms with Gasteiger partial charge in [0, 0.05) is 26.5 Å². The lowest BCUT2D eigenvalue weighted by Crippen LogP contribution is -2.47. The molecule has 1 aliphatic rings. The summed E-state index contributed by atoms with van der Waals surface area (Å²) in [6.45, 7) is 8.68. The molecule has 0 amide bonds. The van der Waals surface area contributed by atoms with Gasteiger partial charge in [0.1, 0.15) is 22.2 Å². The van der Waals surface area contributed by atoms with Crippen molar-refractivity contribution in [1.82, 2.24) is 9.97 Å². The van der Waals surface area contributed by atoms with Crippen molar-refractivity contribution in [2.75, 3.05) is 0 Å². The Morgan fingerprint density at radius 1 is 0.619 bits per heavy atom. The molecule has 0 saturated carbocycles. The maximum absolute atomic E-state index is 15.7. The zero-order valence-corrected chi connectivity index (χ0v) is 37.7. The zero-order chi connectivity index (χ0) is 45.5. The number of halogens is 7. The molecule has 0 spiro atoms. The standard InChI is InChI=1S/C50H53F7N4S2/c1-5-9-11-13-30(7-3)27-32-15-18-35(19-16-32)39-25-26-40(63-39)42-43(58)44(61-62)41(45-46(42)60-48(50(55,56)57)47(59-45)49(52,53)54)36-22-20-34(21-23-36)37-24-17-33(29-38(37)51)28-31(8-4)14-12-10-6-2/h15-26,29-31,58,62H,5-14,27-28H2,1-4H3/b58-43?,61-44-. The van der Waals surface area contributed by atoms with Gasteiger partial charge < -0.3 is 0 Å². The van der Waals surface area contributed by atoms with Gasteiger partial charge in [0.2, 0.25) is 0 Å². The van der Waals surface area contributed by atoms with Crippen LogP contribution in [-0.4, -0.2) is 21.4 Å². The van der Waals surface area contributed by atoms with Gasteiger partial charge in [-0.2, -0.15) is 26.3 Å². The van der Waals surface area contributed by atoms with Crippen LogP contribution in [0, 0.1) is 23.1 Å². The molecule has 6 rings (SSSR count). The highest BCUT2D eigenvalue weighted by Crippen LogP contribution is 2.39. The maximum Gasteiger partial charge on any atom is 0.435 e. The Labute approximate surface area is 374 Å². The molecule has 2 unspecified atom stereocenters. The summed E-state index contributed by atoms with van der Waals surface area (Å²) in [6.07, 6.45) is 1.88. The minimum atomic E-state index is -5.53. The fraction of sp³-hybridized carbons (Fsp3) is 0.400. The van der Waals surface area contributed by atoms with Crippen LogP contribution in [0.5, 0.6) is 0 Å². The van der Waals surface area contributed by atoms with Crippen molar-refractivity contribution in [1.29, 1.82) is 5.41 Å². The van der Waals surface area contributed by atoms with E-state index in [0.717, 1.165) is 80.2 Å². The number of nitrogens with zero attached hydrogens (tertiary/aromatic N) is 3. The number of nitrogens with one attached hydrogen (secondary N) is 1. The fourth-order valence-corrected chi connectivity index (χ4v) is 9.63. The average molecular weight is 907 g/mol. The number of thiophene rings is 1. The molecule has 1 N–H and O–H groups in total. The quantitative estimate of drug-likeness (QED) is 0.0523. The molecule has 0 radical (unpaired) electrons. The van der Waals surface area contributed by atoms with Gasteiger partial charge in [-0.05, 0) is 83.5 Å². The molecule has 13 heteroatoms. The first-order valence-electron chi connectivity index (χ1n) is 21.8. The summed E-state index contributed by atoms with van der Waals surface area (Å²) in [5, 5.41) is 8.24. The van der Waals surface area contributed by atoms with Crippen LogP contribution in [0.2, 0.25) is 0 Å². The van der Waals surface area contributed by atoms with Crippen LogP contribution in [0.25, 0.3) is 32.7 Å². The zero-order valence-electron chi connectivity index (χ0n) is 36.0. The lowest BCUT2D eigenvalue weighted by molar-refractivity contribution is -0.167. The van der Waals surface area contributed by atoms with E-state index in [1.807, 2.05) is 18.2 Å². The SMILES string of the molecule is CCCCCC(CC)Cc1ccc(-c2ccc(C3=c4nc(C(F)(F)F)c(C(F)(F)F)nc4=C(c4ccc(-c5ccc(CC(CC)CCCCC)cc5F)cc4)/C(=N/S)C3=N)s2)cc1. The van der Waals surface area contributed by atoms with Gasteiger partial charge in [-0.3, -0.25) is 5.41 Å². The largest absolute Gasteiger partial charge is 0.435 e. The highest BCUT2D eigenvalue weighted by molar-refractivity contribution is 7.79. The lowest BCUT2D eigenvalue weighted by atomic mass is 9.88. The molecule has 5 aromatic rings. The van der Waals surface area contributed by atoms with E-state index in [-0.39, 0.29) is 22.4 Å². The molecule has 0 bridgehead atoms. The predicted molar refractivity (Wildman–Crippen MR) is 245 cm³/mol. The van der Waals surface area contributed by atoms with Gasteiger partial charge in [0.25, 0.3) is 0 Å². The highest BCUT2D eigenvalue weighted by atomic mass is 32.1. The molecular weight excluding hydrogens is 854 g/mol. The van der Waals surface area contributed by atoms with Crippen LogP contribution < -0.4 is 10.7 Å². The molecule has 2 aromatic heterocycles. The van der Waals surface area contributed by atoms with Crippen molar-refractivity contribution in [2.24, 2.45) is 16.2 Å². The number of benzene rings is 3. The number of hydrogen-bond acceptors (Lipinski definition) is 6. The Balaban J connectivity index is 1.44. The Morgan fingerprint density at radius 2 is 1.11 bits per heavy atom. The Morgan fingerprint density at radius 3 is 1.62 bits per heavy atom. The molecule has 2 heterocycles. The number of thiol groups is 1. The van der Waals surface area contributed by atoms with Crippen LogP contribution in [0.4, 0.5) is 30.7 Å². The van der Waals surface area contributed by atoms with Gasteiger partial charge in [-0.1, -0.05) is 153 Å². The minimum absolute atomic E-state index is 0.159. The summed E-state index contributed by atoms with van der Waals surface area (Å²) in [7, 11) is 0. The van der Waals surface area contributed by atoms with Crippen LogP contribution in [-0.2, 0) is 25.2 Å². The predicted octanol–water partition coefficient (Wildman–Crippen LogP) is 14.1. The second-order valence-electron chi connectivity index (χ2n) is 16.4. The van der Waals surface area contributed by atoms with Crippen molar-refractivity contribution in [2.45, 2.75) is 117 Å². The molecule has 334 valence electrons. The third-order valence-corrected chi connectivity index (χ3v) is 13.3. The van der Waals surface area contributed by atoms with Crippen molar-refractivity contribution in [3.8, 4) is 21.6 Å². The molecule has 4 nitrogen and oxygen atoms in total. The van der Waals surface area contributed by atoms with Gasteiger partial charge in [-0.15, -0.1) is 11.3 Å². The Bertz CT molecular complexity index is 2540. The van der Waals surface area contributed by atoms with Gasteiger partial charge in [-0.25, -0.2) is 18.8 Å². The lowest BCUT2D eigenvalue weighted by Gasteiger charge is -2.21. The number of aromatic nitrogens is 2. The number of alkyl halides is 6. The van der Waals surface area contributed by atoms with E-state index >= 15 is 4.39 Å². The maximum atomic E-state index is 15.7. The molecule has 0 aliphatic heterocycles. The molecule has 63 heavy (non-hydrogen) atoms. The van der Waals surface area contributed by atoms with Gasteiger partial charge in [0.15, 0.2) is 11.4 Å². The Kier molecular flexibility index (Phi) is 15.9. The molecule has 2 atom stereocenters. The summed E-state index contributed by atoms with van der Waals surface area (Å²) in [4.78, 5) is 8.36. The van der Waals surface area contributed by atoms with Crippen molar-refractivity contribution in [3.05, 3.63) is 128 Å². The summed E-state index contributed by atoms with van der Waals surface area (Å²) in [6, 6.07) is 22.6. The van der Waals surface area contributed by atoms with E-state index in [1.54, 1.807) is 30.3 Å². The van der Waals surface area contributed by atoms with Crippen molar-refractivity contribution < 1.29 is 30.7 Å². The smallest absolute Gasteiger partial charge is 0.298 e. The van der Waals surface area contributed by atoms with Crippen LogP contribution in [0.1, 0.15) is 125 Å². The molecule has 3 aromatic carbocycles. The fourth-order valence-electron chi connectivity index (χ4n) is 8.37. The van der Waals surface area contributed by atoms with Crippen LogP contribution in [0.15, 0.2) is 83.3 Å². The molecular formula is C50H53F7N4S2. The topological polar surface area (TPSA) is 62.0 Å². The molecule has 0 fully saturated rings. The van der Waals surface area contributed by atoms with E-state index in [0.29, 0.717) is 27.8 Å². The summed E-state index contributed by atoms with van der Waals surface area (Å²) < 4.78 is 106. The summed E-state index contributed by atoms with van der Waals surface area (Å²) in [5.74, 6) is 0.565. The Hall–Kier alpha value is -4.62. The average Bonchev–Trinajstić information content (AvgIpc) is 3.74. The van der Waals surface area contributed by atoms with E-state index < -0.39 is 46.0 Å². The van der Waals surface area contributed by atoms with Crippen LogP contribution in [0.3, 0.4) is 0 Å².